The first kappa shape index (κ1) is 11.1. The van der Waals surface area contributed by atoms with Crippen LogP contribution in [0.4, 0.5) is 0 Å². The Balaban J connectivity index is 2.24. The molecule has 3 heteroatoms. The first-order chi connectivity index (χ1) is 7.08. The van der Waals surface area contributed by atoms with Gasteiger partial charge in [-0.1, -0.05) is 22.0 Å². The molecule has 0 radical (unpaired) electrons. The molecule has 2 heterocycles. The molecule has 0 amide bonds. The predicted molar refractivity (Wildman–Crippen MR) is 64.1 cm³/mol. The Morgan fingerprint density at radius 2 is 2.27 bits per heavy atom. The first-order valence-corrected chi connectivity index (χ1v) is 6.37. The fourth-order valence-corrected chi connectivity index (χ4v) is 2.52. The van der Waals surface area contributed by atoms with Crippen molar-refractivity contribution in [3.8, 4) is 0 Å². The Hall–Kier alpha value is -0.410. The van der Waals surface area contributed by atoms with Crippen LogP contribution in [0.15, 0.2) is 24.5 Å². The van der Waals surface area contributed by atoms with Crippen molar-refractivity contribution in [1.82, 2.24) is 4.98 Å². The van der Waals surface area contributed by atoms with Crippen LogP contribution in [0.3, 0.4) is 0 Å². The minimum atomic E-state index is -0.170. The van der Waals surface area contributed by atoms with E-state index in [4.69, 9.17) is 4.74 Å². The number of rotatable bonds is 2. The molecule has 0 aliphatic carbocycles. The highest BCUT2D eigenvalue weighted by Crippen LogP contribution is 2.44. The maximum atomic E-state index is 6.18. The monoisotopic (exact) mass is 269 g/mol. The van der Waals surface area contributed by atoms with E-state index in [1.165, 1.54) is 5.56 Å². The molecule has 1 aliphatic rings. The molecule has 0 aromatic carbocycles. The molecule has 15 heavy (non-hydrogen) atoms. The summed E-state index contributed by atoms with van der Waals surface area (Å²) in [5.41, 5.74) is 0.969. The molecule has 2 rings (SSSR count). The zero-order chi connectivity index (χ0) is 10.9. The van der Waals surface area contributed by atoms with Crippen LogP contribution in [-0.2, 0) is 10.3 Å². The quantitative estimate of drug-likeness (QED) is 0.769. The minimum Gasteiger partial charge on any atom is -0.363 e. The van der Waals surface area contributed by atoms with Crippen molar-refractivity contribution in [3.63, 3.8) is 0 Å². The Bertz CT molecular complexity index is 343. The topological polar surface area (TPSA) is 22.1 Å². The number of hydrogen-bond donors (Lipinski definition) is 0. The van der Waals surface area contributed by atoms with Crippen LogP contribution in [0.1, 0.15) is 32.3 Å². The summed E-state index contributed by atoms with van der Waals surface area (Å²) in [6.07, 6.45) is 5.84. The SMILES string of the molecule is CC1(CBr)CCC(C)(c2cccnc2)O1. The number of pyridine rings is 1. The molecule has 0 spiro atoms. The maximum Gasteiger partial charge on any atom is 0.0927 e. The second kappa shape index (κ2) is 3.87. The summed E-state index contributed by atoms with van der Waals surface area (Å²) in [4.78, 5) is 4.16. The van der Waals surface area contributed by atoms with Gasteiger partial charge in [0.2, 0.25) is 0 Å². The van der Waals surface area contributed by atoms with Crippen LogP contribution in [0.25, 0.3) is 0 Å². The molecule has 1 fully saturated rings. The second-order valence-electron chi connectivity index (χ2n) is 4.66. The zero-order valence-corrected chi connectivity index (χ0v) is 10.8. The average Bonchev–Trinajstić information content (AvgIpc) is 2.59. The van der Waals surface area contributed by atoms with Gasteiger partial charge >= 0.3 is 0 Å². The van der Waals surface area contributed by atoms with E-state index >= 15 is 0 Å². The van der Waals surface area contributed by atoms with Gasteiger partial charge in [0.15, 0.2) is 0 Å². The van der Waals surface area contributed by atoms with Crippen molar-refractivity contribution in [3.05, 3.63) is 30.1 Å². The van der Waals surface area contributed by atoms with Gasteiger partial charge < -0.3 is 4.74 Å². The van der Waals surface area contributed by atoms with Crippen molar-refractivity contribution in [2.75, 3.05) is 5.33 Å². The molecule has 2 nitrogen and oxygen atoms in total. The van der Waals surface area contributed by atoms with Gasteiger partial charge in [-0.3, -0.25) is 4.98 Å². The van der Waals surface area contributed by atoms with E-state index in [9.17, 15) is 0 Å². The zero-order valence-electron chi connectivity index (χ0n) is 9.16. The van der Waals surface area contributed by atoms with E-state index in [2.05, 4.69) is 40.8 Å². The lowest BCUT2D eigenvalue weighted by Crippen LogP contribution is -2.31. The molecule has 2 atom stereocenters. The molecule has 1 aliphatic heterocycles. The molecular weight excluding hydrogens is 254 g/mol. The Morgan fingerprint density at radius 3 is 2.80 bits per heavy atom. The van der Waals surface area contributed by atoms with Crippen LogP contribution in [0.5, 0.6) is 0 Å². The molecule has 2 unspecified atom stereocenters. The molecular formula is C12H16BrNO. The van der Waals surface area contributed by atoms with Gasteiger partial charge in [-0.15, -0.1) is 0 Å². The van der Waals surface area contributed by atoms with Gasteiger partial charge in [0.25, 0.3) is 0 Å². The van der Waals surface area contributed by atoms with Gasteiger partial charge in [0, 0.05) is 23.3 Å². The summed E-state index contributed by atoms with van der Waals surface area (Å²) in [5.74, 6) is 0. The maximum absolute atomic E-state index is 6.18. The van der Waals surface area contributed by atoms with E-state index in [-0.39, 0.29) is 11.2 Å². The van der Waals surface area contributed by atoms with Crippen LogP contribution in [-0.4, -0.2) is 15.9 Å². The summed E-state index contributed by atoms with van der Waals surface area (Å²) in [5, 5.41) is 0.885. The number of aromatic nitrogens is 1. The lowest BCUT2D eigenvalue weighted by molar-refractivity contribution is -0.0762. The third-order valence-electron chi connectivity index (χ3n) is 3.16. The molecule has 82 valence electrons. The molecule has 1 aromatic rings. The summed E-state index contributed by atoms with van der Waals surface area (Å²) in [6.45, 7) is 4.31. The van der Waals surface area contributed by atoms with Crippen LogP contribution in [0, 0.1) is 0 Å². The summed E-state index contributed by atoms with van der Waals surface area (Å²) in [7, 11) is 0. The van der Waals surface area contributed by atoms with E-state index in [0.29, 0.717) is 0 Å². The van der Waals surface area contributed by atoms with Crippen molar-refractivity contribution in [2.45, 2.75) is 37.9 Å². The van der Waals surface area contributed by atoms with Gasteiger partial charge in [-0.2, -0.15) is 0 Å². The normalized spacial score (nSPS) is 35.7. The number of halogens is 1. The first-order valence-electron chi connectivity index (χ1n) is 5.25. The third-order valence-corrected chi connectivity index (χ3v) is 4.34. The highest BCUT2D eigenvalue weighted by molar-refractivity contribution is 9.09. The molecule has 0 N–H and O–H groups in total. The third kappa shape index (κ3) is 2.08. The largest absolute Gasteiger partial charge is 0.363 e. The average molecular weight is 270 g/mol. The molecule has 1 aromatic heterocycles. The van der Waals surface area contributed by atoms with Gasteiger partial charge in [0.05, 0.1) is 11.2 Å². The van der Waals surface area contributed by atoms with Crippen LogP contribution in [0.2, 0.25) is 0 Å². The van der Waals surface area contributed by atoms with Crippen molar-refractivity contribution < 1.29 is 4.74 Å². The van der Waals surface area contributed by atoms with Gasteiger partial charge in [0.1, 0.15) is 0 Å². The van der Waals surface area contributed by atoms with Crippen molar-refractivity contribution in [1.29, 1.82) is 0 Å². The number of nitrogens with zero attached hydrogens (tertiary/aromatic N) is 1. The van der Waals surface area contributed by atoms with E-state index in [0.717, 1.165) is 18.2 Å². The Labute approximate surface area is 99.2 Å². The Morgan fingerprint density at radius 1 is 1.47 bits per heavy atom. The van der Waals surface area contributed by atoms with Gasteiger partial charge in [-0.05, 0) is 32.8 Å². The second-order valence-corrected chi connectivity index (χ2v) is 5.22. The van der Waals surface area contributed by atoms with E-state index in [1.54, 1.807) is 6.20 Å². The molecule has 0 bridgehead atoms. The summed E-state index contributed by atoms with van der Waals surface area (Å²) in [6, 6.07) is 4.06. The van der Waals surface area contributed by atoms with Crippen LogP contribution < -0.4 is 0 Å². The lowest BCUT2D eigenvalue weighted by Gasteiger charge is -2.29. The number of alkyl halides is 1. The molecule has 1 saturated heterocycles. The number of hydrogen-bond acceptors (Lipinski definition) is 2. The number of ether oxygens (including phenoxy) is 1. The Kier molecular flexibility index (Phi) is 2.86. The van der Waals surface area contributed by atoms with E-state index in [1.807, 2.05) is 12.3 Å². The van der Waals surface area contributed by atoms with Crippen molar-refractivity contribution >= 4 is 15.9 Å². The summed E-state index contributed by atoms with van der Waals surface area (Å²) >= 11 is 3.52. The smallest absolute Gasteiger partial charge is 0.0927 e. The van der Waals surface area contributed by atoms with Gasteiger partial charge in [-0.25, -0.2) is 0 Å². The fraction of sp³-hybridized carbons (Fsp3) is 0.583. The predicted octanol–water partition coefficient (Wildman–Crippen LogP) is 3.26. The highest BCUT2D eigenvalue weighted by atomic mass is 79.9. The molecule has 0 saturated carbocycles. The van der Waals surface area contributed by atoms with Crippen LogP contribution >= 0.6 is 15.9 Å². The summed E-state index contributed by atoms with van der Waals surface area (Å²) < 4.78 is 6.18. The highest BCUT2D eigenvalue weighted by Gasteiger charge is 2.44. The minimum absolute atomic E-state index is 0.0371. The lowest BCUT2D eigenvalue weighted by atomic mass is 9.93. The fourth-order valence-electron chi connectivity index (χ4n) is 2.12. The van der Waals surface area contributed by atoms with E-state index < -0.39 is 0 Å². The standard InChI is InChI=1S/C12H16BrNO/c1-11(9-13)5-6-12(2,15-11)10-4-3-7-14-8-10/h3-4,7-8H,5-6,9H2,1-2H3. The van der Waals surface area contributed by atoms with Crippen molar-refractivity contribution in [2.24, 2.45) is 0 Å².